The Morgan fingerprint density at radius 3 is 2.54 bits per heavy atom. The zero-order valence-electron chi connectivity index (χ0n) is 14.9. The van der Waals surface area contributed by atoms with Crippen molar-refractivity contribution in [1.82, 2.24) is 10.7 Å². The second-order valence-corrected chi connectivity index (χ2v) is 6.76. The molecule has 2 amide bonds. The molecule has 0 bridgehead atoms. The molecule has 0 radical (unpaired) electrons. The molecule has 1 fully saturated rings. The van der Waals surface area contributed by atoms with Crippen LogP contribution in [0.15, 0.2) is 47.6 Å². The molecule has 1 saturated carbocycles. The molecule has 0 atom stereocenters. The number of nitrogens with one attached hydrogen (secondary N) is 2. The topological polar surface area (TPSA) is 70.6 Å². The third-order valence-electron chi connectivity index (χ3n) is 4.77. The molecule has 0 unspecified atom stereocenters. The molecule has 5 heteroatoms. The van der Waals surface area contributed by atoms with E-state index in [1.54, 1.807) is 6.21 Å². The van der Waals surface area contributed by atoms with Crippen LogP contribution in [0.25, 0.3) is 10.8 Å². The lowest BCUT2D eigenvalue weighted by atomic mass is 9.95. The van der Waals surface area contributed by atoms with Crippen LogP contribution >= 0.6 is 0 Å². The summed E-state index contributed by atoms with van der Waals surface area (Å²) in [5.74, 6) is -0.301. The summed E-state index contributed by atoms with van der Waals surface area (Å²) in [6.07, 6.45) is 7.69. The molecule has 2 aromatic carbocycles. The minimum absolute atomic E-state index is 0.0508. The van der Waals surface area contributed by atoms with Crippen molar-refractivity contribution >= 4 is 28.8 Å². The Kier molecular flexibility index (Phi) is 6.36. The Bertz CT molecular complexity index is 789. The molecule has 0 heterocycles. The number of hydrazone groups is 1. The lowest BCUT2D eigenvalue weighted by Gasteiger charge is -2.22. The largest absolute Gasteiger partial charge is 0.353 e. The first-order valence-corrected chi connectivity index (χ1v) is 9.31. The zero-order valence-corrected chi connectivity index (χ0v) is 14.9. The smallest absolute Gasteiger partial charge is 0.240 e. The lowest BCUT2D eigenvalue weighted by Crippen LogP contribution is -2.36. The maximum absolute atomic E-state index is 11.9. The highest BCUT2D eigenvalue weighted by molar-refractivity contribution is 6.00. The first-order chi connectivity index (χ1) is 12.7. The van der Waals surface area contributed by atoms with E-state index in [1.807, 2.05) is 42.5 Å². The molecular weight excluding hydrogens is 326 g/mol. The fraction of sp³-hybridized carbons (Fsp3) is 0.381. The number of fused-ring (bicyclic) bond motifs is 1. The molecule has 5 nitrogen and oxygen atoms in total. The molecule has 0 spiro atoms. The number of carbonyl (C=O) groups excluding carboxylic acids is 2. The SMILES string of the molecule is O=C(CCC(=O)NC1CCCCC1)N/N=C\c1cccc2ccccc12. The van der Waals surface area contributed by atoms with E-state index in [0.29, 0.717) is 0 Å². The molecule has 3 rings (SSSR count). The van der Waals surface area contributed by atoms with Crippen molar-refractivity contribution < 1.29 is 9.59 Å². The van der Waals surface area contributed by atoms with Gasteiger partial charge in [-0.2, -0.15) is 5.10 Å². The van der Waals surface area contributed by atoms with E-state index < -0.39 is 0 Å². The summed E-state index contributed by atoms with van der Waals surface area (Å²) in [6, 6.07) is 14.3. The van der Waals surface area contributed by atoms with Crippen molar-refractivity contribution in [3.8, 4) is 0 Å². The van der Waals surface area contributed by atoms with Crippen LogP contribution in [0.3, 0.4) is 0 Å². The summed E-state index contributed by atoms with van der Waals surface area (Å²) in [5, 5.41) is 9.26. The van der Waals surface area contributed by atoms with E-state index in [0.717, 1.165) is 29.2 Å². The van der Waals surface area contributed by atoms with E-state index >= 15 is 0 Å². The molecule has 0 aliphatic heterocycles. The van der Waals surface area contributed by atoms with Gasteiger partial charge in [-0.1, -0.05) is 61.7 Å². The van der Waals surface area contributed by atoms with Crippen LogP contribution < -0.4 is 10.7 Å². The van der Waals surface area contributed by atoms with Gasteiger partial charge in [0, 0.05) is 24.4 Å². The van der Waals surface area contributed by atoms with Crippen LogP contribution in [-0.2, 0) is 9.59 Å². The minimum Gasteiger partial charge on any atom is -0.353 e. The molecule has 1 aliphatic carbocycles. The average molecular weight is 351 g/mol. The summed E-state index contributed by atoms with van der Waals surface area (Å²) in [4.78, 5) is 23.8. The van der Waals surface area contributed by atoms with Crippen LogP contribution in [-0.4, -0.2) is 24.1 Å². The predicted octanol–water partition coefficient (Wildman–Crippen LogP) is 3.52. The predicted molar refractivity (Wildman–Crippen MR) is 104 cm³/mol. The van der Waals surface area contributed by atoms with E-state index in [2.05, 4.69) is 15.8 Å². The third-order valence-corrected chi connectivity index (χ3v) is 4.77. The highest BCUT2D eigenvalue weighted by Gasteiger charge is 2.16. The van der Waals surface area contributed by atoms with Gasteiger partial charge in [0.2, 0.25) is 11.8 Å². The van der Waals surface area contributed by atoms with Crippen molar-refractivity contribution in [2.75, 3.05) is 0 Å². The molecule has 26 heavy (non-hydrogen) atoms. The van der Waals surface area contributed by atoms with E-state index in [1.165, 1.54) is 19.3 Å². The fourth-order valence-corrected chi connectivity index (χ4v) is 3.37. The third kappa shape index (κ3) is 5.15. The first kappa shape index (κ1) is 18.1. The number of nitrogens with zero attached hydrogens (tertiary/aromatic N) is 1. The van der Waals surface area contributed by atoms with Crippen LogP contribution in [0.1, 0.15) is 50.5 Å². The Hall–Kier alpha value is -2.69. The minimum atomic E-state index is -0.250. The second kappa shape index (κ2) is 9.13. The average Bonchev–Trinajstić information content (AvgIpc) is 2.67. The van der Waals surface area contributed by atoms with Gasteiger partial charge in [0.1, 0.15) is 0 Å². The second-order valence-electron chi connectivity index (χ2n) is 6.76. The van der Waals surface area contributed by atoms with Crippen LogP contribution in [0.4, 0.5) is 0 Å². The van der Waals surface area contributed by atoms with Crippen molar-refractivity contribution in [1.29, 1.82) is 0 Å². The quantitative estimate of drug-likeness (QED) is 0.617. The van der Waals surface area contributed by atoms with E-state index in [9.17, 15) is 9.59 Å². The Morgan fingerprint density at radius 1 is 0.962 bits per heavy atom. The van der Waals surface area contributed by atoms with Gasteiger partial charge in [0.05, 0.1) is 6.21 Å². The van der Waals surface area contributed by atoms with Crippen molar-refractivity contribution in [3.05, 3.63) is 48.0 Å². The van der Waals surface area contributed by atoms with Crippen molar-refractivity contribution in [2.45, 2.75) is 51.0 Å². The normalized spacial score (nSPS) is 15.2. The molecule has 1 aliphatic rings. The molecule has 136 valence electrons. The summed E-state index contributed by atoms with van der Waals surface area (Å²) >= 11 is 0. The molecular formula is C21H25N3O2. The van der Waals surface area contributed by atoms with E-state index in [-0.39, 0.29) is 30.7 Å². The maximum atomic E-state index is 11.9. The van der Waals surface area contributed by atoms with Gasteiger partial charge in [-0.3, -0.25) is 9.59 Å². The Morgan fingerprint density at radius 2 is 1.69 bits per heavy atom. The number of hydrogen-bond donors (Lipinski definition) is 2. The van der Waals surface area contributed by atoms with Gasteiger partial charge >= 0.3 is 0 Å². The summed E-state index contributed by atoms with van der Waals surface area (Å²) in [7, 11) is 0. The number of rotatable bonds is 6. The van der Waals surface area contributed by atoms with Gasteiger partial charge in [0.15, 0.2) is 0 Å². The van der Waals surface area contributed by atoms with E-state index in [4.69, 9.17) is 0 Å². The number of benzene rings is 2. The zero-order chi connectivity index (χ0) is 18.2. The fourth-order valence-electron chi connectivity index (χ4n) is 3.37. The lowest BCUT2D eigenvalue weighted by molar-refractivity contribution is -0.126. The highest BCUT2D eigenvalue weighted by Crippen LogP contribution is 2.18. The van der Waals surface area contributed by atoms with Gasteiger partial charge in [-0.25, -0.2) is 5.43 Å². The molecule has 2 N–H and O–H groups in total. The summed E-state index contributed by atoms with van der Waals surface area (Å²) in [5.41, 5.74) is 3.45. The van der Waals surface area contributed by atoms with Gasteiger partial charge in [-0.05, 0) is 23.6 Å². The van der Waals surface area contributed by atoms with Crippen molar-refractivity contribution in [3.63, 3.8) is 0 Å². The van der Waals surface area contributed by atoms with Gasteiger partial charge in [0.25, 0.3) is 0 Å². The standard InChI is InChI=1S/C21H25N3O2/c25-20(23-18-10-2-1-3-11-18)13-14-21(26)24-22-15-17-9-6-8-16-7-4-5-12-19(16)17/h4-9,12,15,18H,1-3,10-11,13-14H2,(H,23,25)(H,24,26)/b22-15-. The Balaban J connectivity index is 1.44. The van der Waals surface area contributed by atoms with Gasteiger partial charge in [-0.15, -0.1) is 0 Å². The summed E-state index contributed by atoms with van der Waals surface area (Å²) < 4.78 is 0. The highest BCUT2D eigenvalue weighted by atomic mass is 16.2. The van der Waals surface area contributed by atoms with Crippen LogP contribution in [0.5, 0.6) is 0 Å². The van der Waals surface area contributed by atoms with Gasteiger partial charge < -0.3 is 5.32 Å². The maximum Gasteiger partial charge on any atom is 0.240 e. The molecule has 0 saturated heterocycles. The number of hydrogen-bond acceptors (Lipinski definition) is 3. The summed E-state index contributed by atoms with van der Waals surface area (Å²) in [6.45, 7) is 0. The number of carbonyl (C=O) groups is 2. The van der Waals surface area contributed by atoms with Crippen LogP contribution in [0, 0.1) is 0 Å². The van der Waals surface area contributed by atoms with Crippen molar-refractivity contribution in [2.24, 2.45) is 5.10 Å². The molecule has 2 aromatic rings. The Labute approximate surface area is 153 Å². The molecule has 0 aromatic heterocycles. The van der Waals surface area contributed by atoms with Crippen LogP contribution in [0.2, 0.25) is 0 Å². The number of amides is 2. The first-order valence-electron chi connectivity index (χ1n) is 9.31. The monoisotopic (exact) mass is 351 g/mol.